The van der Waals surface area contributed by atoms with Gasteiger partial charge in [0.25, 0.3) is 0 Å². The number of hydrogen-bond donors (Lipinski definition) is 0. The van der Waals surface area contributed by atoms with Crippen LogP contribution in [-0.2, 0) is 6.18 Å². The van der Waals surface area contributed by atoms with Gasteiger partial charge in [-0.15, -0.1) is 0 Å². The first-order chi connectivity index (χ1) is 7.39. The lowest BCUT2D eigenvalue weighted by molar-refractivity contribution is -0.137. The summed E-state index contributed by atoms with van der Waals surface area (Å²) in [6.07, 6.45) is -2.87. The Kier molecular flexibility index (Phi) is 2.54. The quantitative estimate of drug-likeness (QED) is 0.634. The minimum absolute atomic E-state index is 0.217. The van der Waals surface area contributed by atoms with E-state index in [2.05, 4.69) is 4.98 Å². The summed E-state index contributed by atoms with van der Waals surface area (Å²) in [5.41, 5.74) is -0.00383. The Morgan fingerprint density at radius 3 is 2.50 bits per heavy atom. The highest BCUT2D eigenvalue weighted by Crippen LogP contribution is 2.33. The molecule has 0 aliphatic carbocycles. The number of aryl methyl sites for hydroxylation is 1. The van der Waals surface area contributed by atoms with Crippen LogP contribution in [0.5, 0.6) is 0 Å². The first-order valence-corrected chi connectivity index (χ1v) is 4.89. The summed E-state index contributed by atoms with van der Waals surface area (Å²) < 4.78 is 37.5. The third-order valence-corrected chi connectivity index (χ3v) is 2.67. The molecule has 0 aliphatic rings. The van der Waals surface area contributed by atoms with Crippen LogP contribution < -0.4 is 0 Å². The number of alkyl halides is 3. The second kappa shape index (κ2) is 3.63. The van der Waals surface area contributed by atoms with E-state index in [0.717, 1.165) is 12.1 Å². The molecule has 0 aliphatic heterocycles. The molecule has 0 N–H and O–H groups in total. The minimum atomic E-state index is -4.34. The highest BCUT2D eigenvalue weighted by atomic mass is 35.5. The van der Waals surface area contributed by atoms with Gasteiger partial charge in [-0.25, -0.2) is 4.98 Å². The van der Waals surface area contributed by atoms with Crippen LogP contribution in [-0.4, -0.2) is 4.98 Å². The molecule has 2 rings (SSSR count). The van der Waals surface area contributed by atoms with E-state index in [1.165, 1.54) is 12.3 Å². The molecule has 1 aromatic heterocycles. The molecule has 1 aromatic carbocycles. The van der Waals surface area contributed by atoms with Gasteiger partial charge in [0.15, 0.2) is 0 Å². The number of hydrogen-bond acceptors (Lipinski definition) is 1. The van der Waals surface area contributed by atoms with Gasteiger partial charge in [0.1, 0.15) is 5.15 Å². The van der Waals surface area contributed by atoms with E-state index in [-0.39, 0.29) is 5.15 Å². The monoisotopic (exact) mass is 245 g/mol. The van der Waals surface area contributed by atoms with Crippen molar-refractivity contribution in [1.82, 2.24) is 4.98 Å². The Morgan fingerprint density at radius 1 is 1.19 bits per heavy atom. The van der Waals surface area contributed by atoms with Gasteiger partial charge < -0.3 is 0 Å². The summed E-state index contributed by atoms with van der Waals surface area (Å²) in [4.78, 5) is 3.88. The maximum atomic E-state index is 12.5. The standard InChI is InChI=1S/C11H7ClF3N/c1-6-5-16-10(12)8-3-2-7(4-9(6)8)11(13,14)15/h2-5H,1H3. The second-order valence-electron chi connectivity index (χ2n) is 3.49. The molecular formula is C11H7ClF3N. The molecule has 0 unspecified atom stereocenters. The van der Waals surface area contributed by atoms with Crippen LogP contribution in [0.4, 0.5) is 13.2 Å². The predicted molar refractivity (Wildman–Crippen MR) is 56.5 cm³/mol. The molecule has 0 bridgehead atoms. The summed E-state index contributed by atoms with van der Waals surface area (Å²) in [5, 5.41) is 1.24. The molecule has 2 aromatic rings. The SMILES string of the molecule is Cc1cnc(Cl)c2ccc(C(F)(F)F)cc12. The van der Waals surface area contributed by atoms with Crippen LogP contribution >= 0.6 is 11.6 Å². The van der Waals surface area contributed by atoms with Crippen LogP contribution in [0.1, 0.15) is 11.1 Å². The van der Waals surface area contributed by atoms with Crippen molar-refractivity contribution >= 4 is 22.4 Å². The summed E-state index contributed by atoms with van der Waals surface area (Å²) in [6, 6.07) is 3.45. The van der Waals surface area contributed by atoms with Crippen molar-refractivity contribution in [3.8, 4) is 0 Å². The topological polar surface area (TPSA) is 12.9 Å². The lowest BCUT2D eigenvalue weighted by Crippen LogP contribution is -2.04. The average molecular weight is 246 g/mol. The fourth-order valence-corrected chi connectivity index (χ4v) is 1.73. The normalized spacial score (nSPS) is 12.1. The minimum Gasteiger partial charge on any atom is -0.244 e. The molecule has 0 fully saturated rings. The van der Waals surface area contributed by atoms with Crippen molar-refractivity contribution < 1.29 is 13.2 Å². The zero-order valence-electron chi connectivity index (χ0n) is 8.27. The molecule has 5 heteroatoms. The number of halogens is 4. The van der Waals surface area contributed by atoms with Gasteiger partial charge >= 0.3 is 6.18 Å². The fraction of sp³-hybridized carbons (Fsp3) is 0.182. The van der Waals surface area contributed by atoms with Crippen molar-refractivity contribution in [2.45, 2.75) is 13.1 Å². The van der Waals surface area contributed by atoms with Gasteiger partial charge in [-0.2, -0.15) is 13.2 Å². The van der Waals surface area contributed by atoms with Crippen LogP contribution in [0, 0.1) is 6.92 Å². The summed E-state index contributed by atoms with van der Waals surface area (Å²) in [7, 11) is 0. The molecule has 0 saturated heterocycles. The first-order valence-electron chi connectivity index (χ1n) is 4.51. The lowest BCUT2D eigenvalue weighted by Gasteiger charge is -2.09. The van der Waals surface area contributed by atoms with Crippen molar-refractivity contribution in [1.29, 1.82) is 0 Å². The van der Waals surface area contributed by atoms with Gasteiger partial charge in [0.05, 0.1) is 5.56 Å². The van der Waals surface area contributed by atoms with E-state index in [9.17, 15) is 13.2 Å². The molecule has 0 saturated carbocycles. The number of benzene rings is 1. The average Bonchev–Trinajstić information content (AvgIpc) is 2.22. The number of pyridine rings is 1. The lowest BCUT2D eigenvalue weighted by atomic mass is 10.1. The Labute approximate surface area is 94.9 Å². The van der Waals surface area contributed by atoms with E-state index in [0.29, 0.717) is 16.3 Å². The highest BCUT2D eigenvalue weighted by Gasteiger charge is 2.30. The molecule has 0 spiro atoms. The molecule has 16 heavy (non-hydrogen) atoms. The number of fused-ring (bicyclic) bond motifs is 1. The summed E-state index contributed by atoms with van der Waals surface area (Å²) in [6.45, 7) is 1.70. The van der Waals surface area contributed by atoms with Crippen LogP contribution in [0.25, 0.3) is 10.8 Å². The van der Waals surface area contributed by atoms with E-state index >= 15 is 0 Å². The molecule has 0 atom stereocenters. The van der Waals surface area contributed by atoms with E-state index in [1.54, 1.807) is 6.92 Å². The van der Waals surface area contributed by atoms with E-state index in [1.807, 2.05) is 0 Å². The van der Waals surface area contributed by atoms with Crippen LogP contribution in [0.3, 0.4) is 0 Å². The fourth-order valence-electron chi connectivity index (χ4n) is 1.52. The second-order valence-corrected chi connectivity index (χ2v) is 3.85. The third-order valence-electron chi connectivity index (χ3n) is 2.37. The maximum absolute atomic E-state index is 12.5. The van der Waals surface area contributed by atoms with Crippen molar-refractivity contribution in [2.24, 2.45) is 0 Å². The number of nitrogens with zero attached hydrogens (tertiary/aromatic N) is 1. The smallest absolute Gasteiger partial charge is 0.244 e. The Morgan fingerprint density at radius 2 is 1.88 bits per heavy atom. The third kappa shape index (κ3) is 1.85. The molecule has 0 radical (unpaired) electrons. The zero-order valence-corrected chi connectivity index (χ0v) is 9.02. The van der Waals surface area contributed by atoms with Gasteiger partial charge in [0.2, 0.25) is 0 Å². The molecule has 1 nitrogen and oxygen atoms in total. The summed E-state index contributed by atoms with van der Waals surface area (Å²) >= 11 is 5.80. The Hall–Kier alpha value is -1.29. The summed E-state index contributed by atoms with van der Waals surface area (Å²) in [5.74, 6) is 0. The molecule has 0 amide bonds. The van der Waals surface area contributed by atoms with Gasteiger partial charge in [-0.1, -0.05) is 17.7 Å². The maximum Gasteiger partial charge on any atom is 0.416 e. The van der Waals surface area contributed by atoms with E-state index < -0.39 is 11.7 Å². The van der Waals surface area contributed by atoms with Gasteiger partial charge in [-0.05, 0) is 30.0 Å². The zero-order chi connectivity index (χ0) is 11.9. The Balaban J connectivity index is 2.76. The van der Waals surface area contributed by atoms with Crippen LogP contribution in [0.15, 0.2) is 24.4 Å². The Bertz CT molecular complexity index is 549. The van der Waals surface area contributed by atoms with Crippen molar-refractivity contribution in [3.63, 3.8) is 0 Å². The largest absolute Gasteiger partial charge is 0.416 e. The number of aromatic nitrogens is 1. The predicted octanol–water partition coefficient (Wildman–Crippen LogP) is 4.22. The molecular weight excluding hydrogens is 239 g/mol. The van der Waals surface area contributed by atoms with Gasteiger partial charge in [-0.3, -0.25) is 0 Å². The number of rotatable bonds is 0. The van der Waals surface area contributed by atoms with Crippen LogP contribution in [0.2, 0.25) is 5.15 Å². The van der Waals surface area contributed by atoms with Crippen molar-refractivity contribution in [2.75, 3.05) is 0 Å². The van der Waals surface area contributed by atoms with Crippen molar-refractivity contribution in [3.05, 3.63) is 40.7 Å². The highest BCUT2D eigenvalue weighted by molar-refractivity contribution is 6.34. The van der Waals surface area contributed by atoms with E-state index in [4.69, 9.17) is 11.6 Å². The first kappa shape index (κ1) is 11.2. The molecule has 84 valence electrons. The molecule has 1 heterocycles. The van der Waals surface area contributed by atoms with Gasteiger partial charge in [0, 0.05) is 11.6 Å².